The number of benzene rings is 1. The van der Waals surface area contributed by atoms with E-state index in [2.05, 4.69) is 5.32 Å². The van der Waals surface area contributed by atoms with E-state index in [1.54, 1.807) is 25.3 Å². The number of fused-ring (bicyclic) bond motifs is 2. The molecule has 1 aliphatic rings. The molecule has 7 heteroatoms. The Morgan fingerprint density at radius 2 is 1.89 bits per heavy atom. The second kappa shape index (κ2) is 14.3. The molecule has 0 spiro atoms. The number of nitrogens with one attached hydrogen (secondary N) is 1. The number of anilines is 1. The summed E-state index contributed by atoms with van der Waals surface area (Å²) in [6.07, 6.45) is 13.1. The first-order valence-corrected chi connectivity index (χ1v) is 11.9. The van der Waals surface area contributed by atoms with E-state index in [4.69, 9.17) is 9.47 Å². The van der Waals surface area contributed by atoms with Crippen molar-refractivity contribution < 1.29 is 29.3 Å². The van der Waals surface area contributed by atoms with Gasteiger partial charge < -0.3 is 25.0 Å². The number of ether oxygens (including phenoxy) is 2. The highest BCUT2D eigenvalue weighted by Gasteiger charge is 2.27. The Hall–Kier alpha value is -3.16. The maximum absolute atomic E-state index is 12.5. The van der Waals surface area contributed by atoms with Crippen LogP contribution in [0.2, 0.25) is 0 Å². The zero-order valence-corrected chi connectivity index (χ0v) is 20.9. The van der Waals surface area contributed by atoms with Crippen LogP contribution in [0.15, 0.2) is 66.3 Å². The fraction of sp³-hybridized carbons (Fsp3) is 0.429. The number of allylic oxidation sites excluding steroid dienone is 5. The Morgan fingerprint density at radius 3 is 2.60 bits per heavy atom. The fourth-order valence-corrected chi connectivity index (χ4v) is 3.91. The van der Waals surface area contributed by atoms with Gasteiger partial charge in [-0.15, -0.1) is 0 Å². The Labute approximate surface area is 207 Å². The van der Waals surface area contributed by atoms with Gasteiger partial charge in [0, 0.05) is 38.1 Å². The molecule has 0 radical (unpaired) electrons. The number of rotatable bonds is 2. The maximum Gasteiger partial charge on any atom is 0.302 e. The molecule has 0 fully saturated rings. The summed E-state index contributed by atoms with van der Waals surface area (Å²) < 4.78 is 10.9. The molecular formula is C28H37NO6. The van der Waals surface area contributed by atoms with Crippen LogP contribution in [0.5, 0.6) is 5.75 Å². The minimum Gasteiger partial charge on any atom is -0.508 e. The Bertz CT molecular complexity index is 978. The SMILES string of the molecule is COC1C=CC=CC=CCC(OC(C)=O)C(C)C(O)C(C)=CCCc2cc(O)cc(c2)NC(=O)C1. The molecule has 2 rings (SSSR count). The number of carbonyl (C=O) groups is 2. The van der Waals surface area contributed by atoms with Crippen LogP contribution in [0.4, 0.5) is 5.69 Å². The normalized spacial score (nSPS) is 24.7. The predicted molar refractivity (Wildman–Crippen MR) is 137 cm³/mol. The van der Waals surface area contributed by atoms with Crippen LogP contribution in [-0.4, -0.2) is 47.5 Å². The molecule has 1 aromatic rings. The summed E-state index contributed by atoms with van der Waals surface area (Å²) in [7, 11) is 1.54. The molecule has 3 N–H and O–H groups in total. The van der Waals surface area contributed by atoms with Crippen LogP contribution in [0.1, 0.15) is 45.6 Å². The van der Waals surface area contributed by atoms with Gasteiger partial charge in [0.25, 0.3) is 0 Å². The van der Waals surface area contributed by atoms with E-state index in [9.17, 15) is 19.8 Å². The molecule has 190 valence electrons. The number of esters is 1. The lowest BCUT2D eigenvalue weighted by atomic mass is 9.90. The van der Waals surface area contributed by atoms with Gasteiger partial charge in [0.05, 0.1) is 18.6 Å². The summed E-state index contributed by atoms with van der Waals surface area (Å²) in [4.78, 5) is 24.1. The zero-order valence-electron chi connectivity index (χ0n) is 20.9. The third-order valence-electron chi connectivity index (χ3n) is 5.88. The number of hydrogen-bond acceptors (Lipinski definition) is 6. The van der Waals surface area contributed by atoms with Crippen molar-refractivity contribution in [1.29, 1.82) is 0 Å². The fourth-order valence-electron chi connectivity index (χ4n) is 3.91. The second-order valence-electron chi connectivity index (χ2n) is 8.79. The number of phenols is 1. The first kappa shape index (κ1) is 28.1. The van der Waals surface area contributed by atoms with Crippen molar-refractivity contribution in [2.75, 3.05) is 12.4 Å². The molecule has 1 heterocycles. The van der Waals surface area contributed by atoms with Crippen molar-refractivity contribution in [2.24, 2.45) is 5.92 Å². The topological polar surface area (TPSA) is 105 Å². The molecule has 0 saturated heterocycles. The Morgan fingerprint density at radius 1 is 1.14 bits per heavy atom. The number of methoxy groups -OCH3 is 1. The lowest BCUT2D eigenvalue weighted by Gasteiger charge is -2.27. The first-order valence-electron chi connectivity index (χ1n) is 11.9. The zero-order chi connectivity index (χ0) is 25.8. The average molecular weight is 484 g/mol. The summed E-state index contributed by atoms with van der Waals surface area (Å²) in [6.45, 7) is 5.09. The van der Waals surface area contributed by atoms with Gasteiger partial charge in [-0.05, 0) is 43.0 Å². The van der Waals surface area contributed by atoms with Gasteiger partial charge in [0.2, 0.25) is 5.91 Å². The van der Waals surface area contributed by atoms with Gasteiger partial charge in [-0.25, -0.2) is 0 Å². The van der Waals surface area contributed by atoms with Crippen molar-refractivity contribution in [2.45, 2.75) is 64.8 Å². The first-order chi connectivity index (χ1) is 16.7. The molecule has 4 unspecified atom stereocenters. The number of aliphatic hydroxyl groups excluding tert-OH is 1. The molecule has 7 nitrogen and oxygen atoms in total. The summed E-state index contributed by atoms with van der Waals surface area (Å²) in [5, 5.41) is 23.8. The largest absolute Gasteiger partial charge is 0.508 e. The second-order valence-corrected chi connectivity index (χ2v) is 8.79. The molecule has 1 amide bonds. The lowest BCUT2D eigenvalue weighted by molar-refractivity contribution is -0.150. The van der Waals surface area contributed by atoms with Crippen molar-refractivity contribution in [1.82, 2.24) is 0 Å². The van der Waals surface area contributed by atoms with Crippen LogP contribution in [0, 0.1) is 5.92 Å². The van der Waals surface area contributed by atoms with Gasteiger partial charge in [-0.3, -0.25) is 9.59 Å². The van der Waals surface area contributed by atoms with Crippen molar-refractivity contribution >= 4 is 17.6 Å². The predicted octanol–water partition coefficient (Wildman–Crippen LogP) is 4.62. The molecule has 4 atom stereocenters. The van der Waals surface area contributed by atoms with E-state index in [0.717, 1.165) is 11.1 Å². The quantitative estimate of drug-likeness (QED) is 0.419. The van der Waals surface area contributed by atoms with Gasteiger partial charge in [0.1, 0.15) is 11.9 Å². The van der Waals surface area contributed by atoms with E-state index in [-0.39, 0.29) is 30.0 Å². The van der Waals surface area contributed by atoms with E-state index in [1.165, 1.54) is 13.0 Å². The van der Waals surface area contributed by atoms with Crippen LogP contribution in [-0.2, 0) is 25.5 Å². The monoisotopic (exact) mass is 483 g/mol. The van der Waals surface area contributed by atoms with Crippen LogP contribution >= 0.6 is 0 Å². The smallest absolute Gasteiger partial charge is 0.302 e. The highest BCUT2D eigenvalue weighted by molar-refractivity contribution is 5.91. The van der Waals surface area contributed by atoms with Gasteiger partial charge in [-0.2, -0.15) is 0 Å². The number of hydrogen-bond donors (Lipinski definition) is 3. The molecule has 2 bridgehead atoms. The molecular weight excluding hydrogens is 446 g/mol. The molecule has 0 aliphatic carbocycles. The minimum absolute atomic E-state index is 0.0654. The van der Waals surface area contributed by atoms with E-state index >= 15 is 0 Å². The summed E-state index contributed by atoms with van der Waals surface area (Å²) in [6, 6.07) is 4.99. The van der Waals surface area contributed by atoms with Gasteiger partial charge >= 0.3 is 5.97 Å². The molecule has 1 aromatic carbocycles. The summed E-state index contributed by atoms with van der Waals surface area (Å²) in [5.74, 6) is -0.850. The number of aryl methyl sites for hydroxylation is 1. The number of phenolic OH excluding ortho intramolecular Hbond substituents is 1. The molecule has 0 aromatic heterocycles. The number of carbonyl (C=O) groups excluding carboxylic acids is 2. The van der Waals surface area contributed by atoms with Crippen molar-refractivity contribution in [3.05, 3.63) is 71.9 Å². The molecule has 0 saturated carbocycles. The van der Waals surface area contributed by atoms with Crippen LogP contribution in [0.25, 0.3) is 0 Å². The van der Waals surface area contributed by atoms with Gasteiger partial charge in [0.15, 0.2) is 0 Å². The lowest BCUT2D eigenvalue weighted by Crippen LogP contribution is -2.33. The third kappa shape index (κ3) is 9.92. The van der Waals surface area contributed by atoms with E-state index in [1.807, 2.05) is 50.3 Å². The van der Waals surface area contributed by atoms with Crippen molar-refractivity contribution in [3.63, 3.8) is 0 Å². The highest BCUT2D eigenvalue weighted by Crippen LogP contribution is 2.24. The number of aliphatic hydroxyl groups is 1. The Kier molecular flexibility index (Phi) is 11.5. The summed E-state index contributed by atoms with van der Waals surface area (Å²) in [5.41, 5.74) is 2.15. The standard InChI is InChI=1S/C28H37NO6/c1-19-11-10-12-22-15-23(17-24(31)16-22)29-27(32)18-25(34-4)13-8-6-5-7-9-14-26(35-21(3)30)20(2)28(19)33/h5-9,11,13,15-17,20,25-26,28,31,33H,10,12,14,18H2,1-4H3,(H,29,32). The molecule has 35 heavy (non-hydrogen) atoms. The van der Waals surface area contributed by atoms with Crippen LogP contribution in [0.3, 0.4) is 0 Å². The van der Waals surface area contributed by atoms with E-state index < -0.39 is 18.3 Å². The number of amides is 1. The summed E-state index contributed by atoms with van der Waals surface area (Å²) >= 11 is 0. The number of aromatic hydroxyl groups is 1. The molecule has 1 aliphatic heterocycles. The third-order valence-corrected chi connectivity index (χ3v) is 5.88. The van der Waals surface area contributed by atoms with E-state index in [0.29, 0.717) is 24.9 Å². The maximum atomic E-state index is 12.5. The van der Waals surface area contributed by atoms with Gasteiger partial charge in [-0.1, -0.05) is 49.5 Å². The van der Waals surface area contributed by atoms with Crippen LogP contribution < -0.4 is 5.32 Å². The Balaban J connectivity index is 2.31. The average Bonchev–Trinajstić information content (AvgIpc) is 2.79. The minimum atomic E-state index is -0.773. The highest BCUT2D eigenvalue weighted by atomic mass is 16.5. The van der Waals surface area contributed by atoms with Crippen molar-refractivity contribution in [3.8, 4) is 5.75 Å².